The predicted octanol–water partition coefficient (Wildman–Crippen LogP) is 3.16. The number of carbonyl (C=O) groups excluding carboxylic acids is 2. The smallest absolute Gasteiger partial charge is 0.384 e. The molecule has 3 aromatic rings. The second-order valence-electron chi connectivity index (χ2n) is 8.50. The molecule has 0 aliphatic rings. The SMILES string of the molecule is CN(C)S(=O)(=O)Oc1cc(CC[C@H](C(=O)ON)C(=O)OCc2ccccc2)ccc1OCc1ccccc1. The number of hydrogen-bond donors (Lipinski definition) is 1. The summed E-state index contributed by atoms with van der Waals surface area (Å²) in [6.45, 7) is 0.179. The van der Waals surface area contributed by atoms with E-state index in [-0.39, 0.29) is 37.6 Å². The van der Waals surface area contributed by atoms with E-state index in [1.807, 2.05) is 36.4 Å². The van der Waals surface area contributed by atoms with Crippen molar-refractivity contribution < 1.29 is 36.5 Å². The van der Waals surface area contributed by atoms with Gasteiger partial charge < -0.3 is 18.5 Å². The first-order valence-electron chi connectivity index (χ1n) is 11.7. The quantitative estimate of drug-likeness (QED) is 0.196. The molecule has 0 amide bonds. The third-order valence-electron chi connectivity index (χ3n) is 5.52. The fourth-order valence-corrected chi connectivity index (χ4v) is 3.88. The Hall–Kier alpha value is -3.93. The number of benzene rings is 3. The average Bonchev–Trinajstić information content (AvgIpc) is 2.92. The Labute approximate surface area is 222 Å². The molecule has 0 aromatic heterocycles. The van der Waals surface area contributed by atoms with Gasteiger partial charge in [-0.3, -0.25) is 4.79 Å². The lowest BCUT2D eigenvalue weighted by molar-refractivity contribution is -0.163. The number of aryl methyl sites for hydroxylation is 1. The molecule has 0 unspecified atom stereocenters. The lowest BCUT2D eigenvalue weighted by Crippen LogP contribution is -2.30. The van der Waals surface area contributed by atoms with E-state index in [0.717, 1.165) is 15.4 Å². The van der Waals surface area contributed by atoms with Crippen LogP contribution in [-0.2, 0) is 49.1 Å². The summed E-state index contributed by atoms with van der Waals surface area (Å²) >= 11 is 0. The molecular formula is C27H30N2O8S. The number of carbonyl (C=O) groups is 2. The molecule has 3 rings (SSSR count). The van der Waals surface area contributed by atoms with Crippen LogP contribution < -0.4 is 14.8 Å². The van der Waals surface area contributed by atoms with Crippen LogP contribution in [0, 0.1) is 5.92 Å². The summed E-state index contributed by atoms with van der Waals surface area (Å²) in [5, 5.41) is 0. The first-order valence-corrected chi connectivity index (χ1v) is 13.1. The second-order valence-corrected chi connectivity index (χ2v) is 10.3. The summed E-state index contributed by atoms with van der Waals surface area (Å²) < 4.78 is 42.2. The van der Waals surface area contributed by atoms with Gasteiger partial charge in [-0.2, -0.15) is 18.6 Å². The molecule has 10 nitrogen and oxygen atoms in total. The van der Waals surface area contributed by atoms with E-state index < -0.39 is 28.2 Å². The highest BCUT2D eigenvalue weighted by molar-refractivity contribution is 7.84. The Balaban J connectivity index is 1.75. The highest BCUT2D eigenvalue weighted by atomic mass is 32.2. The molecular weight excluding hydrogens is 512 g/mol. The van der Waals surface area contributed by atoms with Gasteiger partial charge in [-0.05, 0) is 41.7 Å². The zero-order chi connectivity index (χ0) is 27.5. The van der Waals surface area contributed by atoms with E-state index in [1.54, 1.807) is 36.4 Å². The van der Waals surface area contributed by atoms with Crippen LogP contribution in [0.1, 0.15) is 23.1 Å². The summed E-state index contributed by atoms with van der Waals surface area (Å²) in [5.41, 5.74) is 2.23. The monoisotopic (exact) mass is 542 g/mol. The number of rotatable bonds is 13. The topological polar surface area (TPSA) is 134 Å². The van der Waals surface area contributed by atoms with Crippen LogP contribution in [0.5, 0.6) is 11.5 Å². The summed E-state index contributed by atoms with van der Waals surface area (Å²) in [7, 11) is -1.40. The van der Waals surface area contributed by atoms with Gasteiger partial charge in [0.05, 0.1) is 0 Å². The normalized spacial score (nSPS) is 12.0. The zero-order valence-corrected chi connectivity index (χ0v) is 21.9. The molecule has 0 aliphatic carbocycles. The van der Waals surface area contributed by atoms with Gasteiger partial charge in [-0.25, -0.2) is 4.79 Å². The van der Waals surface area contributed by atoms with E-state index >= 15 is 0 Å². The molecule has 0 fully saturated rings. The van der Waals surface area contributed by atoms with E-state index in [0.29, 0.717) is 5.56 Å². The molecule has 2 N–H and O–H groups in total. The molecule has 3 aromatic carbocycles. The van der Waals surface area contributed by atoms with Crippen LogP contribution >= 0.6 is 0 Å². The van der Waals surface area contributed by atoms with Crippen molar-refractivity contribution in [1.82, 2.24) is 4.31 Å². The highest BCUT2D eigenvalue weighted by Crippen LogP contribution is 2.32. The van der Waals surface area contributed by atoms with Crippen molar-refractivity contribution in [3.05, 3.63) is 95.6 Å². The molecule has 0 bridgehead atoms. The first-order chi connectivity index (χ1) is 18.2. The molecule has 0 heterocycles. The van der Waals surface area contributed by atoms with Gasteiger partial charge in [-0.15, -0.1) is 0 Å². The average molecular weight is 543 g/mol. The third kappa shape index (κ3) is 8.30. The molecule has 202 valence electrons. The van der Waals surface area contributed by atoms with Gasteiger partial charge in [0.2, 0.25) is 0 Å². The Morgan fingerprint density at radius 3 is 2.00 bits per heavy atom. The van der Waals surface area contributed by atoms with Crippen LogP contribution in [0.25, 0.3) is 0 Å². The molecule has 0 spiro atoms. The van der Waals surface area contributed by atoms with Crippen molar-refractivity contribution in [3.63, 3.8) is 0 Å². The van der Waals surface area contributed by atoms with Crippen molar-refractivity contribution in [1.29, 1.82) is 0 Å². The largest absolute Gasteiger partial charge is 0.485 e. The summed E-state index contributed by atoms with van der Waals surface area (Å²) in [4.78, 5) is 29.2. The van der Waals surface area contributed by atoms with E-state index in [9.17, 15) is 18.0 Å². The molecule has 0 radical (unpaired) electrons. The Morgan fingerprint density at radius 1 is 0.816 bits per heavy atom. The van der Waals surface area contributed by atoms with Crippen molar-refractivity contribution in [2.45, 2.75) is 26.1 Å². The van der Waals surface area contributed by atoms with E-state index in [2.05, 4.69) is 4.84 Å². The van der Waals surface area contributed by atoms with Crippen molar-refractivity contribution in [2.24, 2.45) is 11.8 Å². The minimum atomic E-state index is -4.08. The fraction of sp³-hybridized carbons (Fsp3) is 0.259. The highest BCUT2D eigenvalue weighted by Gasteiger charge is 2.30. The number of ether oxygens (including phenoxy) is 2. The number of hydrogen-bond acceptors (Lipinski definition) is 9. The summed E-state index contributed by atoms with van der Waals surface area (Å²) in [6.07, 6.45) is 0.200. The molecule has 1 atom stereocenters. The van der Waals surface area contributed by atoms with Gasteiger partial charge in [0, 0.05) is 14.1 Å². The maximum atomic E-state index is 12.6. The number of esters is 1. The maximum absolute atomic E-state index is 12.6. The minimum absolute atomic E-state index is 0.00768. The maximum Gasteiger partial charge on any atom is 0.384 e. The molecule has 0 saturated carbocycles. The summed E-state index contributed by atoms with van der Waals surface area (Å²) in [5.74, 6) is 2.24. The number of nitrogens with zero attached hydrogens (tertiary/aromatic N) is 1. The van der Waals surface area contributed by atoms with Crippen molar-refractivity contribution in [3.8, 4) is 11.5 Å². The van der Waals surface area contributed by atoms with Gasteiger partial charge in [0.25, 0.3) is 0 Å². The second kappa shape index (κ2) is 13.6. The molecule has 0 saturated heterocycles. The van der Waals surface area contributed by atoms with E-state index in [4.69, 9.17) is 19.6 Å². The minimum Gasteiger partial charge on any atom is -0.485 e. The van der Waals surface area contributed by atoms with Gasteiger partial charge in [0.15, 0.2) is 17.4 Å². The Kier molecular flexibility index (Phi) is 10.2. The molecule has 0 aliphatic heterocycles. The Morgan fingerprint density at radius 2 is 1.42 bits per heavy atom. The van der Waals surface area contributed by atoms with Crippen LogP contribution in [0.2, 0.25) is 0 Å². The van der Waals surface area contributed by atoms with Crippen molar-refractivity contribution >= 4 is 22.2 Å². The first kappa shape index (κ1) is 28.6. The van der Waals surface area contributed by atoms with Crippen molar-refractivity contribution in [2.75, 3.05) is 14.1 Å². The van der Waals surface area contributed by atoms with Gasteiger partial charge in [-0.1, -0.05) is 66.7 Å². The van der Waals surface area contributed by atoms with E-state index in [1.165, 1.54) is 20.2 Å². The van der Waals surface area contributed by atoms with Crippen LogP contribution in [0.15, 0.2) is 78.9 Å². The lowest BCUT2D eigenvalue weighted by Gasteiger charge is -2.17. The zero-order valence-electron chi connectivity index (χ0n) is 21.1. The number of nitrogens with two attached hydrogens (primary N) is 1. The summed E-state index contributed by atoms with van der Waals surface area (Å²) in [6, 6.07) is 23.1. The lowest BCUT2D eigenvalue weighted by atomic mass is 9.99. The van der Waals surface area contributed by atoms with Gasteiger partial charge in [0.1, 0.15) is 13.2 Å². The molecule has 11 heteroatoms. The standard InChI is InChI=1S/C27H30N2O8S/c1-29(2)38(32,33)37-25-17-20(14-16-24(25)34-18-21-9-5-3-6-10-21)13-15-23(27(31)36-28)26(30)35-19-22-11-7-4-8-12-22/h3-12,14,16-17,23H,13,15,18-19,28H2,1-2H3/t23-/m0/s1. The van der Waals surface area contributed by atoms with Crippen LogP contribution in [-0.4, -0.2) is 38.8 Å². The van der Waals surface area contributed by atoms with Crippen LogP contribution in [0.3, 0.4) is 0 Å². The van der Waals surface area contributed by atoms with Gasteiger partial charge >= 0.3 is 22.2 Å². The molecule has 38 heavy (non-hydrogen) atoms. The van der Waals surface area contributed by atoms with Crippen LogP contribution in [0.4, 0.5) is 0 Å². The predicted molar refractivity (Wildman–Crippen MR) is 139 cm³/mol. The fourth-order valence-electron chi connectivity index (χ4n) is 3.37. The third-order valence-corrected chi connectivity index (χ3v) is 6.80. The Bertz CT molecular complexity index is 1320.